The summed E-state index contributed by atoms with van der Waals surface area (Å²) in [7, 11) is 0. The molecule has 6 nitrogen and oxygen atoms in total. The molecule has 1 atom stereocenters. The largest absolute Gasteiger partial charge is 0.311 e. The van der Waals surface area contributed by atoms with Crippen LogP contribution in [0, 0.1) is 0 Å². The summed E-state index contributed by atoms with van der Waals surface area (Å²) in [5, 5.41) is 5.26. The maximum Gasteiger partial charge on any atom is 0.228 e. The highest BCUT2D eigenvalue weighted by molar-refractivity contribution is 7.14. The van der Waals surface area contributed by atoms with Crippen LogP contribution in [0.4, 0.5) is 5.13 Å². The van der Waals surface area contributed by atoms with Crippen LogP contribution >= 0.6 is 11.3 Å². The Morgan fingerprint density at radius 2 is 2.07 bits per heavy atom. The minimum Gasteiger partial charge on any atom is -0.311 e. The van der Waals surface area contributed by atoms with Gasteiger partial charge in [0.15, 0.2) is 5.13 Å². The van der Waals surface area contributed by atoms with E-state index in [9.17, 15) is 9.59 Å². The molecule has 3 aromatic rings. The zero-order valence-corrected chi connectivity index (χ0v) is 16.0. The highest BCUT2D eigenvalue weighted by Crippen LogP contribution is 2.33. The van der Waals surface area contributed by atoms with E-state index in [1.165, 1.54) is 18.3 Å². The Morgan fingerprint density at radius 3 is 2.86 bits per heavy atom. The first-order valence-corrected chi connectivity index (χ1v) is 9.71. The average Bonchev–Trinajstić information content (AvgIpc) is 3.17. The van der Waals surface area contributed by atoms with Crippen molar-refractivity contribution in [1.82, 2.24) is 14.9 Å². The second-order valence-electron chi connectivity index (χ2n) is 6.42. The Morgan fingerprint density at radius 1 is 1.21 bits per heavy atom. The summed E-state index contributed by atoms with van der Waals surface area (Å²) in [5.41, 5.74) is 3.65. The molecule has 0 radical (unpaired) electrons. The topological polar surface area (TPSA) is 75.2 Å². The lowest BCUT2D eigenvalue weighted by Gasteiger charge is -2.32. The third-order valence-electron chi connectivity index (χ3n) is 4.56. The molecule has 0 fully saturated rings. The van der Waals surface area contributed by atoms with E-state index in [0.29, 0.717) is 5.13 Å². The van der Waals surface area contributed by atoms with Gasteiger partial charge >= 0.3 is 0 Å². The number of amides is 2. The van der Waals surface area contributed by atoms with Crippen molar-refractivity contribution < 1.29 is 9.59 Å². The normalized spacial score (nSPS) is 15.2. The van der Waals surface area contributed by atoms with E-state index in [1.54, 1.807) is 23.5 Å². The van der Waals surface area contributed by atoms with Crippen LogP contribution < -0.4 is 5.32 Å². The maximum atomic E-state index is 12.7. The highest BCUT2D eigenvalue weighted by Gasteiger charge is 2.28. The summed E-state index contributed by atoms with van der Waals surface area (Å²) in [5.74, 6) is -0.287. The molecule has 1 aromatic carbocycles. The number of carbonyl (C=O) groups is 2. The zero-order valence-electron chi connectivity index (χ0n) is 15.2. The number of rotatable bonds is 4. The first-order chi connectivity index (χ1) is 13.6. The minimum atomic E-state index is -0.337. The van der Waals surface area contributed by atoms with Gasteiger partial charge in [0.2, 0.25) is 11.8 Å². The average molecular weight is 390 g/mol. The quantitative estimate of drug-likeness (QED) is 0.727. The predicted molar refractivity (Wildman–Crippen MR) is 109 cm³/mol. The van der Waals surface area contributed by atoms with Crippen molar-refractivity contribution in [1.29, 1.82) is 0 Å². The van der Waals surface area contributed by atoms with Gasteiger partial charge in [0.1, 0.15) is 0 Å². The molecule has 3 heterocycles. The molecule has 0 unspecified atom stereocenters. The van der Waals surface area contributed by atoms with Crippen LogP contribution in [-0.4, -0.2) is 26.7 Å². The monoisotopic (exact) mass is 390 g/mol. The summed E-state index contributed by atoms with van der Waals surface area (Å²) < 4.78 is 0. The first kappa shape index (κ1) is 18.1. The van der Waals surface area contributed by atoms with Gasteiger partial charge in [-0.1, -0.05) is 24.3 Å². The molecule has 28 heavy (non-hydrogen) atoms. The number of hydrogen-bond donors (Lipinski definition) is 1. The van der Waals surface area contributed by atoms with Gasteiger partial charge in [-0.15, -0.1) is 11.3 Å². The Kier molecular flexibility index (Phi) is 4.99. The summed E-state index contributed by atoms with van der Waals surface area (Å²) in [6.45, 7) is 1.50. The summed E-state index contributed by atoms with van der Waals surface area (Å²) in [6.07, 6.45) is 7.23. The van der Waals surface area contributed by atoms with E-state index in [0.717, 1.165) is 22.4 Å². The molecule has 0 saturated carbocycles. The second-order valence-corrected chi connectivity index (χ2v) is 7.28. The lowest BCUT2D eigenvalue weighted by Crippen LogP contribution is -2.33. The van der Waals surface area contributed by atoms with Crippen molar-refractivity contribution in [2.24, 2.45) is 0 Å². The van der Waals surface area contributed by atoms with Crippen molar-refractivity contribution in [3.05, 3.63) is 71.5 Å². The third-order valence-corrected chi connectivity index (χ3v) is 5.31. The predicted octanol–water partition coefficient (Wildman–Crippen LogP) is 4.11. The summed E-state index contributed by atoms with van der Waals surface area (Å²) in [6, 6.07) is 11.2. The highest BCUT2D eigenvalue weighted by atomic mass is 32.1. The van der Waals surface area contributed by atoms with Crippen molar-refractivity contribution >= 4 is 34.4 Å². The zero-order chi connectivity index (χ0) is 19.5. The number of hydrogen-bond acceptors (Lipinski definition) is 5. The number of benzene rings is 1. The van der Waals surface area contributed by atoms with Crippen LogP contribution in [0.5, 0.6) is 0 Å². The number of pyridine rings is 1. The number of fused-ring (bicyclic) bond motifs is 1. The third kappa shape index (κ3) is 3.70. The van der Waals surface area contributed by atoms with Gasteiger partial charge in [-0.3, -0.25) is 14.6 Å². The number of carbonyl (C=O) groups excluding carboxylic acids is 2. The van der Waals surface area contributed by atoms with Crippen LogP contribution in [0.15, 0.2) is 60.4 Å². The van der Waals surface area contributed by atoms with Crippen molar-refractivity contribution in [3.63, 3.8) is 0 Å². The van der Waals surface area contributed by atoms with Crippen LogP contribution in [-0.2, 0) is 9.59 Å². The van der Waals surface area contributed by atoms with Crippen molar-refractivity contribution in [3.8, 4) is 11.3 Å². The molecule has 1 aliphatic rings. The van der Waals surface area contributed by atoms with E-state index in [1.807, 2.05) is 47.9 Å². The number of anilines is 1. The van der Waals surface area contributed by atoms with Gasteiger partial charge < -0.3 is 10.2 Å². The lowest BCUT2D eigenvalue weighted by molar-refractivity contribution is -0.129. The van der Waals surface area contributed by atoms with Gasteiger partial charge in [0.25, 0.3) is 0 Å². The molecule has 2 amide bonds. The lowest BCUT2D eigenvalue weighted by atomic mass is 9.93. The minimum absolute atomic E-state index is 0.100. The van der Waals surface area contributed by atoms with E-state index in [4.69, 9.17) is 0 Å². The van der Waals surface area contributed by atoms with Crippen LogP contribution in [0.1, 0.15) is 30.5 Å². The number of nitrogens with one attached hydrogen (secondary N) is 1. The molecule has 0 spiro atoms. The molecule has 7 heteroatoms. The van der Waals surface area contributed by atoms with Crippen LogP contribution in [0.25, 0.3) is 17.3 Å². The van der Waals surface area contributed by atoms with Crippen molar-refractivity contribution in [2.45, 2.75) is 19.4 Å². The van der Waals surface area contributed by atoms with Gasteiger partial charge in [-0.05, 0) is 29.3 Å². The Balaban J connectivity index is 1.51. The molecular formula is C21H18N4O2S. The summed E-state index contributed by atoms with van der Waals surface area (Å²) >= 11 is 1.36. The van der Waals surface area contributed by atoms with Crippen LogP contribution in [0.2, 0.25) is 0 Å². The van der Waals surface area contributed by atoms with Gasteiger partial charge in [-0.25, -0.2) is 4.98 Å². The number of aromatic nitrogens is 2. The van der Waals surface area contributed by atoms with E-state index < -0.39 is 0 Å². The van der Waals surface area contributed by atoms with Crippen molar-refractivity contribution in [2.75, 3.05) is 5.32 Å². The van der Waals surface area contributed by atoms with E-state index >= 15 is 0 Å². The van der Waals surface area contributed by atoms with Gasteiger partial charge in [0.05, 0.1) is 18.2 Å². The SMILES string of the molecule is CC(=O)N1C=Cc2ccccc2[C@H]1CC(=O)Nc1nc(-c2cccnc2)cs1. The molecule has 1 N–H and O–H groups in total. The van der Waals surface area contributed by atoms with Crippen LogP contribution in [0.3, 0.4) is 0 Å². The van der Waals surface area contributed by atoms with Gasteiger partial charge in [-0.2, -0.15) is 0 Å². The molecular weight excluding hydrogens is 372 g/mol. The fourth-order valence-electron chi connectivity index (χ4n) is 3.24. The Bertz CT molecular complexity index is 1050. The molecule has 0 bridgehead atoms. The second kappa shape index (κ2) is 7.74. The first-order valence-electron chi connectivity index (χ1n) is 8.83. The summed E-state index contributed by atoms with van der Waals surface area (Å²) in [4.78, 5) is 34.9. The maximum absolute atomic E-state index is 12.7. The Labute approximate surface area is 166 Å². The number of thiazole rings is 1. The fraction of sp³-hybridized carbons (Fsp3) is 0.143. The smallest absolute Gasteiger partial charge is 0.228 e. The number of nitrogens with zero attached hydrogens (tertiary/aromatic N) is 3. The molecule has 4 rings (SSSR count). The standard InChI is InChI=1S/C21H18N4O2S/c1-14(26)25-10-8-15-5-2-3-7-17(15)19(25)11-20(27)24-21-23-18(13-28-21)16-6-4-9-22-12-16/h2-10,12-13,19H,11H2,1H3,(H,23,24,27)/t19-/m1/s1. The molecule has 1 aliphatic heterocycles. The van der Waals surface area contributed by atoms with E-state index in [-0.39, 0.29) is 24.3 Å². The fourth-order valence-corrected chi connectivity index (χ4v) is 3.97. The molecule has 0 aliphatic carbocycles. The van der Waals surface area contributed by atoms with Gasteiger partial charge in [0, 0.05) is 36.5 Å². The van der Waals surface area contributed by atoms with E-state index in [2.05, 4.69) is 15.3 Å². The Hall–Kier alpha value is -3.32. The molecule has 0 saturated heterocycles. The molecule has 2 aromatic heterocycles. The molecule has 140 valence electrons.